The van der Waals surface area contributed by atoms with E-state index in [0.717, 1.165) is 18.2 Å². The number of hydrogen-bond acceptors (Lipinski definition) is 4. The lowest BCUT2D eigenvalue weighted by atomic mass is 9.93. The van der Waals surface area contributed by atoms with E-state index >= 15 is 0 Å². The largest absolute Gasteiger partial charge is 0.445 e. The van der Waals surface area contributed by atoms with Crippen molar-refractivity contribution in [2.24, 2.45) is 0 Å². The van der Waals surface area contributed by atoms with Gasteiger partial charge in [-0.25, -0.2) is 8.78 Å². The number of carbonyl (C=O) groups is 1. The molecule has 2 aromatic rings. The molecule has 1 saturated carbocycles. The minimum Gasteiger partial charge on any atom is -0.300 e. The predicted molar refractivity (Wildman–Crippen MR) is 80.6 cm³/mol. The van der Waals surface area contributed by atoms with Gasteiger partial charge < -0.3 is 0 Å². The van der Waals surface area contributed by atoms with Crippen molar-refractivity contribution >= 4 is 45.6 Å². The highest BCUT2D eigenvalue weighted by atomic mass is 35.5. The molecular weight excluding hydrogens is 412 g/mol. The predicted octanol–water partition coefficient (Wildman–Crippen LogP) is 4.29. The number of carbonyl (C=O) groups excluding carboxylic acids is 1. The first-order valence-electron chi connectivity index (χ1n) is 6.53. The van der Waals surface area contributed by atoms with Crippen LogP contribution in [0.1, 0.15) is 17.0 Å². The Balaban J connectivity index is 1.95. The van der Waals surface area contributed by atoms with Crippen LogP contribution in [-0.2, 0) is 16.4 Å². The summed E-state index contributed by atoms with van der Waals surface area (Å²) in [6, 6.07) is 2.93. The van der Waals surface area contributed by atoms with Crippen LogP contribution in [0.2, 0.25) is 0 Å². The van der Waals surface area contributed by atoms with Gasteiger partial charge in [-0.2, -0.15) is 13.2 Å². The standard InChI is InChI=1S/C13H6Cl2F5N3OS/c14-12(15)4-11(12,7-5(16)2-1-3-6(7)17)8(24)21-10-23-22-9(25-10)13(18,19)20/h1-3H,4H2,(H,21,23,24). The van der Waals surface area contributed by atoms with Crippen molar-refractivity contribution in [2.75, 3.05) is 5.32 Å². The molecule has 1 unspecified atom stereocenters. The number of hydrogen-bond donors (Lipinski definition) is 1. The molecule has 1 aliphatic carbocycles. The van der Waals surface area contributed by atoms with Crippen molar-refractivity contribution in [2.45, 2.75) is 22.3 Å². The molecule has 0 bridgehead atoms. The Bertz CT molecular complexity index is 836. The van der Waals surface area contributed by atoms with Gasteiger partial charge in [0, 0.05) is 12.0 Å². The maximum absolute atomic E-state index is 14.1. The molecule has 1 amide bonds. The molecule has 1 atom stereocenters. The number of nitrogens with zero attached hydrogens (tertiary/aromatic N) is 2. The van der Waals surface area contributed by atoms with Crippen LogP contribution in [0.5, 0.6) is 0 Å². The molecule has 1 fully saturated rings. The number of benzene rings is 1. The number of nitrogens with one attached hydrogen (secondary N) is 1. The third-order valence-corrected chi connectivity index (χ3v) is 5.45. The van der Waals surface area contributed by atoms with E-state index in [1.54, 1.807) is 0 Å². The minimum atomic E-state index is -4.74. The lowest BCUT2D eigenvalue weighted by molar-refractivity contribution is -0.138. The summed E-state index contributed by atoms with van der Waals surface area (Å²) >= 11 is 11.9. The second-order valence-electron chi connectivity index (χ2n) is 5.25. The van der Waals surface area contributed by atoms with Crippen molar-refractivity contribution in [3.63, 3.8) is 0 Å². The maximum atomic E-state index is 14.1. The van der Waals surface area contributed by atoms with E-state index in [4.69, 9.17) is 23.2 Å². The molecule has 134 valence electrons. The Morgan fingerprint density at radius 1 is 1.20 bits per heavy atom. The highest BCUT2D eigenvalue weighted by Gasteiger charge is 2.74. The zero-order chi connectivity index (χ0) is 18.6. The van der Waals surface area contributed by atoms with Gasteiger partial charge in [0.05, 0.1) is 0 Å². The van der Waals surface area contributed by atoms with Crippen molar-refractivity contribution in [3.8, 4) is 0 Å². The Morgan fingerprint density at radius 2 is 1.76 bits per heavy atom. The van der Waals surface area contributed by atoms with Crippen LogP contribution >= 0.6 is 34.5 Å². The molecular formula is C13H6Cl2F5N3OS. The Hall–Kier alpha value is -1.52. The summed E-state index contributed by atoms with van der Waals surface area (Å²) in [6.07, 6.45) is -5.06. The summed E-state index contributed by atoms with van der Waals surface area (Å²) in [5, 5.41) is 6.36. The first-order chi connectivity index (χ1) is 11.5. The van der Waals surface area contributed by atoms with Crippen LogP contribution in [0.25, 0.3) is 0 Å². The van der Waals surface area contributed by atoms with Gasteiger partial charge in [-0.15, -0.1) is 33.4 Å². The van der Waals surface area contributed by atoms with Gasteiger partial charge in [0.2, 0.25) is 16.0 Å². The number of halogens is 7. The fourth-order valence-corrected chi connectivity index (χ4v) is 3.79. The average molecular weight is 418 g/mol. The topological polar surface area (TPSA) is 54.9 Å². The normalized spacial score (nSPS) is 21.9. The van der Waals surface area contributed by atoms with E-state index in [1.807, 2.05) is 5.32 Å². The molecule has 3 rings (SSSR count). The van der Waals surface area contributed by atoms with Crippen molar-refractivity contribution in [1.82, 2.24) is 10.2 Å². The summed E-state index contributed by atoms with van der Waals surface area (Å²) in [7, 11) is 0. The van der Waals surface area contributed by atoms with Crippen LogP contribution in [0.4, 0.5) is 27.1 Å². The van der Waals surface area contributed by atoms with Crippen LogP contribution < -0.4 is 5.32 Å². The highest BCUT2D eigenvalue weighted by Crippen LogP contribution is 2.66. The van der Waals surface area contributed by atoms with Crippen molar-refractivity contribution in [3.05, 3.63) is 40.4 Å². The van der Waals surface area contributed by atoms with Crippen LogP contribution in [0.3, 0.4) is 0 Å². The molecule has 1 N–H and O–H groups in total. The maximum Gasteiger partial charge on any atom is 0.445 e. The van der Waals surface area contributed by atoms with Gasteiger partial charge in [-0.1, -0.05) is 17.4 Å². The molecule has 1 aromatic heterocycles. The number of amides is 1. The van der Waals surface area contributed by atoms with Crippen LogP contribution in [0.15, 0.2) is 18.2 Å². The lowest BCUT2D eigenvalue weighted by Gasteiger charge is -2.18. The molecule has 1 aliphatic rings. The molecule has 0 aliphatic heterocycles. The molecule has 4 nitrogen and oxygen atoms in total. The van der Waals surface area contributed by atoms with Crippen molar-refractivity contribution < 1.29 is 26.7 Å². The molecule has 0 radical (unpaired) electrons. The van der Waals surface area contributed by atoms with Gasteiger partial charge in [0.25, 0.3) is 0 Å². The quantitative estimate of drug-likeness (QED) is 0.598. The summed E-state index contributed by atoms with van der Waals surface area (Å²) in [6.45, 7) is 0. The van der Waals surface area contributed by atoms with Crippen molar-refractivity contribution in [1.29, 1.82) is 0 Å². The summed E-state index contributed by atoms with van der Waals surface area (Å²) < 4.78 is 63.9. The SMILES string of the molecule is O=C(Nc1nnc(C(F)(F)F)s1)C1(c2c(F)cccc2F)CC1(Cl)Cl. The van der Waals surface area contributed by atoms with E-state index in [2.05, 4.69) is 10.2 Å². The van der Waals surface area contributed by atoms with Gasteiger partial charge in [-0.05, 0) is 12.1 Å². The molecule has 0 saturated heterocycles. The molecule has 1 aromatic carbocycles. The van der Waals surface area contributed by atoms with Gasteiger partial charge in [0.15, 0.2) is 0 Å². The fourth-order valence-electron chi connectivity index (χ4n) is 2.42. The second kappa shape index (κ2) is 5.75. The Morgan fingerprint density at radius 3 is 2.20 bits per heavy atom. The average Bonchev–Trinajstić information content (AvgIpc) is 2.82. The minimum absolute atomic E-state index is 0.0629. The van der Waals surface area contributed by atoms with Gasteiger partial charge in [-0.3, -0.25) is 10.1 Å². The van der Waals surface area contributed by atoms with E-state index in [-0.39, 0.29) is 17.8 Å². The van der Waals surface area contributed by atoms with E-state index in [0.29, 0.717) is 0 Å². The molecule has 1 heterocycles. The van der Waals surface area contributed by atoms with Crippen LogP contribution in [-0.4, -0.2) is 20.4 Å². The van der Waals surface area contributed by atoms with Crippen LogP contribution in [0, 0.1) is 11.6 Å². The third kappa shape index (κ3) is 2.96. The fraction of sp³-hybridized carbons (Fsp3) is 0.308. The first-order valence-corrected chi connectivity index (χ1v) is 8.11. The Kier molecular flexibility index (Phi) is 4.20. The summed E-state index contributed by atoms with van der Waals surface area (Å²) in [5.74, 6) is -3.18. The zero-order valence-corrected chi connectivity index (χ0v) is 14.1. The van der Waals surface area contributed by atoms with E-state index < -0.39 is 49.2 Å². The third-order valence-electron chi connectivity index (χ3n) is 3.65. The smallest absolute Gasteiger partial charge is 0.300 e. The first kappa shape index (κ1) is 18.3. The number of anilines is 1. The number of aromatic nitrogens is 2. The Labute approximate surface area is 151 Å². The van der Waals surface area contributed by atoms with E-state index in [9.17, 15) is 26.7 Å². The van der Waals surface area contributed by atoms with E-state index in [1.165, 1.54) is 0 Å². The molecule has 25 heavy (non-hydrogen) atoms. The summed E-state index contributed by atoms with van der Waals surface area (Å²) in [5.41, 5.74) is -2.65. The zero-order valence-electron chi connectivity index (χ0n) is 11.8. The molecule has 0 spiro atoms. The number of rotatable bonds is 3. The van der Waals surface area contributed by atoms with Gasteiger partial charge >= 0.3 is 6.18 Å². The second-order valence-corrected chi connectivity index (χ2v) is 7.71. The summed E-state index contributed by atoms with van der Waals surface area (Å²) in [4.78, 5) is 12.5. The van der Waals surface area contributed by atoms with Gasteiger partial charge in [0.1, 0.15) is 21.4 Å². The lowest BCUT2D eigenvalue weighted by Crippen LogP contribution is -2.34. The highest BCUT2D eigenvalue weighted by molar-refractivity contribution is 7.15. The monoisotopic (exact) mass is 417 g/mol. The molecule has 12 heteroatoms. The number of alkyl halides is 5.